The summed E-state index contributed by atoms with van der Waals surface area (Å²) in [5, 5.41) is 17.8. The minimum absolute atomic E-state index is 0.0909. The normalized spacial score (nSPS) is 10.7. The molecule has 3 N–H and O–H groups in total. The summed E-state index contributed by atoms with van der Waals surface area (Å²) in [6.07, 6.45) is 1.24. The number of carbonyl (C=O) groups is 2. The van der Waals surface area contributed by atoms with Gasteiger partial charge in [-0.1, -0.05) is 23.7 Å². The number of hydrogen-bond acceptors (Lipinski definition) is 4. The van der Waals surface area contributed by atoms with Crippen LogP contribution < -0.4 is 5.32 Å². The molecule has 0 aliphatic carbocycles. The van der Waals surface area contributed by atoms with Gasteiger partial charge in [-0.05, 0) is 25.7 Å². The van der Waals surface area contributed by atoms with Gasteiger partial charge in [-0.2, -0.15) is 5.10 Å². The van der Waals surface area contributed by atoms with E-state index in [1.54, 1.807) is 18.2 Å². The first-order valence-corrected chi connectivity index (χ1v) is 6.78. The van der Waals surface area contributed by atoms with E-state index in [4.69, 9.17) is 16.7 Å². The largest absolute Gasteiger partial charge is 0.476 e. The number of hydrogen-bond donors (Lipinski definition) is 3. The van der Waals surface area contributed by atoms with Crippen LogP contribution in [0.1, 0.15) is 26.4 Å². The van der Waals surface area contributed by atoms with Gasteiger partial charge in [-0.15, -0.1) is 0 Å². The number of carbonyl (C=O) groups excluding carboxylic acids is 1. The van der Waals surface area contributed by atoms with E-state index in [9.17, 15) is 9.59 Å². The predicted octanol–water partition coefficient (Wildman–Crippen LogP) is 2.08. The van der Waals surface area contributed by atoms with Crippen LogP contribution >= 0.6 is 11.6 Å². The average molecular weight is 323 g/mol. The first-order valence-electron chi connectivity index (χ1n) is 6.40. The molecule has 2 aromatic rings. The summed E-state index contributed by atoms with van der Waals surface area (Å²) >= 11 is 6.13. The number of halogens is 1. The van der Waals surface area contributed by atoms with Crippen molar-refractivity contribution in [2.45, 2.75) is 6.54 Å². The highest BCUT2D eigenvalue weighted by molar-refractivity contribution is 6.34. The maximum Gasteiger partial charge on any atom is 0.356 e. The topological polar surface area (TPSA) is 98.3 Å². The lowest BCUT2D eigenvalue weighted by Gasteiger charge is -2.15. The summed E-state index contributed by atoms with van der Waals surface area (Å²) in [5.41, 5.74) is 0.966. The van der Waals surface area contributed by atoms with Crippen LogP contribution in [0, 0.1) is 0 Å². The van der Waals surface area contributed by atoms with Crippen molar-refractivity contribution in [3.63, 3.8) is 0 Å². The molecular weight excluding hydrogens is 308 g/mol. The fourth-order valence-corrected chi connectivity index (χ4v) is 2.30. The maximum atomic E-state index is 12.5. The van der Waals surface area contributed by atoms with E-state index in [2.05, 4.69) is 15.5 Å². The average Bonchev–Trinajstić information content (AvgIpc) is 2.86. The summed E-state index contributed by atoms with van der Waals surface area (Å²) in [6, 6.07) is 5.18. The molecule has 0 bridgehead atoms. The zero-order chi connectivity index (χ0) is 16.3. The number of aromatic nitrogens is 2. The molecule has 0 unspecified atom stereocenters. The number of nitrogens with one attached hydrogen (secondary N) is 2. The van der Waals surface area contributed by atoms with Crippen LogP contribution in [0.25, 0.3) is 0 Å². The van der Waals surface area contributed by atoms with Crippen molar-refractivity contribution >= 4 is 29.2 Å². The fraction of sp³-hybridized carbons (Fsp3) is 0.214. The summed E-state index contributed by atoms with van der Waals surface area (Å²) < 4.78 is 0. The monoisotopic (exact) mass is 322 g/mol. The Balaban J connectivity index is 2.33. The summed E-state index contributed by atoms with van der Waals surface area (Å²) in [5.74, 6) is -1.69. The third-order valence-electron chi connectivity index (χ3n) is 2.91. The lowest BCUT2D eigenvalue weighted by molar-refractivity contribution is 0.0691. The molecule has 2 rings (SSSR count). The molecule has 22 heavy (non-hydrogen) atoms. The molecule has 1 amide bonds. The molecule has 8 heteroatoms. The van der Waals surface area contributed by atoms with Crippen LogP contribution in [0.2, 0.25) is 5.02 Å². The molecule has 0 aliphatic rings. The number of amides is 1. The predicted molar refractivity (Wildman–Crippen MR) is 82.3 cm³/mol. The van der Waals surface area contributed by atoms with Crippen molar-refractivity contribution in [1.82, 2.24) is 15.1 Å². The van der Waals surface area contributed by atoms with Crippen LogP contribution in [0.4, 0.5) is 5.69 Å². The minimum atomic E-state index is -1.21. The molecule has 0 radical (unpaired) electrons. The summed E-state index contributed by atoms with van der Waals surface area (Å²) in [6.45, 7) is 0.528. The van der Waals surface area contributed by atoms with E-state index >= 15 is 0 Å². The number of rotatable bonds is 5. The highest BCUT2D eigenvalue weighted by atomic mass is 35.5. The summed E-state index contributed by atoms with van der Waals surface area (Å²) in [7, 11) is 3.75. The third-order valence-corrected chi connectivity index (χ3v) is 3.23. The fourth-order valence-electron chi connectivity index (χ4n) is 2.02. The van der Waals surface area contributed by atoms with E-state index < -0.39 is 11.9 Å². The number of aromatic amines is 1. The lowest BCUT2D eigenvalue weighted by Crippen LogP contribution is -2.19. The van der Waals surface area contributed by atoms with Gasteiger partial charge in [-0.25, -0.2) is 4.79 Å². The van der Waals surface area contributed by atoms with E-state index in [0.29, 0.717) is 17.1 Å². The van der Waals surface area contributed by atoms with Crippen molar-refractivity contribution in [1.29, 1.82) is 0 Å². The van der Waals surface area contributed by atoms with Crippen LogP contribution in [0.3, 0.4) is 0 Å². The molecule has 0 saturated heterocycles. The van der Waals surface area contributed by atoms with E-state index in [0.717, 1.165) is 5.56 Å². The van der Waals surface area contributed by atoms with Crippen molar-refractivity contribution < 1.29 is 14.7 Å². The van der Waals surface area contributed by atoms with Crippen molar-refractivity contribution in [2.75, 3.05) is 19.4 Å². The van der Waals surface area contributed by atoms with Crippen LogP contribution in [-0.2, 0) is 6.54 Å². The SMILES string of the molecule is CN(C)Cc1cccc(Cl)c1C(=O)Nc1cn[nH]c1C(=O)O. The smallest absolute Gasteiger partial charge is 0.356 e. The molecule has 1 aromatic heterocycles. The molecule has 1 heterocycles. The Morgan fingerprint density at radius 1 is 1.41 bits per heavy atom. The van der Waals surface area contributed by atoms with Gasteiger partial charge >= 0.3 is 5.97 Å². The lowest BCUT2D eigenvalue weighted by atomic mass is 10.1. The van der Waals surface area contributed by atoms with Gasteiger partial charge in [0.2, 0.25) is 0 Å². The highest BCUT2D eigenvalue weighted by Crippen LogP contribution is 2.23. The van der Waals surface area contributed by atoms with E-state index in [-0.39, 0.29) is 11.4 Å². The molecule has 0 spiro atoms. The van der Waals surface area contributed by atoms with Crippen molar-refractivity contribution in [3.8, 4) is 0 Å². The van der Waals surface area contributed by atoms with E-state index in [1.165, 1.54) is 6.20 Å². The van der Waals surface area contributed by atoms with E-state index in [1.807, 2.05) is 19.0 Å². The number of carboxylic acids is 1. The molecule has 7 nitrogen and oxygen atoms in total. The minimum Gasteiger partial charge on any atom is -0.476 e. The van der Waals surface area contributed by atoms with Gasteiger partial charge in [0.1, 0.15) is 0 Å². The highest BCUT2D eigenvalue weighted by Gasteiger charge is 2.20. The number of H-pyrrole nitrogens is 1. The molecule has 0 aliphatic heterocycles. The van der Waals surface area contributed by atoms with Gasteiger partial charge in [0.25, 0.3) is 5.91 Å². The number of aromatic carboxylic acids is 1. The second-order valence-corrected chi connectivity index (χ2v) is 5.34. The summed E-state index contributed by atoms with van der Waals surface area (Å²) in [4.78, 5) is 25.4. The van der Waals surface area contributed by atoms with Crippen LogP contribution in [0.5, 0.6) is 0 Å². The third kappa shape index (κ3) is 3.44. The zero-order valence-electron chi connectivity index (χ0n) is 12.1. The second kappa shape index (κ2) is 6.59. The molecule has 1 aromatic carbocycles. The van der Waals surface area contributed by atoms with Gasteiger partial charge in [0, 0.05) is 6.54 Å². The molecule has 0 saturated carbocycles. The Labute approximate surface area is 131 Å². The molecule has 0 fully saturated rings. The molecular formula is C14H15ClN4O3. The second-order valence-electron chi connectivity index (χ2n) is 4.93. The first-order chi connectivity index (χ1) is 10.4. The molecule has 0 atom stereocenters. The van der Waals surface area contributed by atoms with Crippen molar-refractivity contribution in [3.05, 3.63) is 46.2 Å². The Kier molecular flexibility index (Phi) is 4.79. The Morgan fingerprint density at radius 2 is 2.14 bits per heavy atom. The van der Waals surface area contributed by atoms with Crippen LogP contribution in [-0.4, -0.2) is 46.2 Å². The van der Waals surface area contributed by atoms with Gasteiger partial charge < -0.3 is 15.3 Å². The number of nitrogens with zero attached hydrogens (tertiary/aromatic N) is 2. The number of carboxylic acid groups (broad SMARTS) is 1. The van der Waals surface area contributed by atoms with Crippen molar-refractivity contribution in [2.24, 2.45) is 0 Å². The Morgan fingerprint density at radius 3 is 2.77 bits per heavy atom. The zero-order valence-corrected chi connectivity index (χ0v) is 12.8. The number of anilines is 1. The Hall–Kier alpha value is -2.38. The van der Waals surface area contributed by atoms with Crippen LogP contribution in [0.15, 0.2) is 24.4 Å². The number of benzene rings is 1. The standard InChI is InChI=1S/C14H15ClN4O3/c1-19(2)7-8-4-3-5-9(15)11(8)13(20)17-10-6-16-18-12(10)14(21)22/h3-6H,7H2,1-2H3,(H,16,18)(H,17,20)(H,21,22). The first kappa shape index (κ1) is 16.0. The molecule has 116 valence electrons. The van der Waals surface area contributed by atoms with Gasteiger partial charge in [-0.3, -0.25) is 9.89 Å². The quantitative estimate of drug-likeness (QED) is 0.782. The Bertz CT molecular complexity index is 712. The van der Waals surface area contributed by atoms with Gasteiger partial charge in [0.15, 0.2) is 5.69 Å². The van der Waals surface area contributed by atoms with Gasteiger partial charge in [0.05, 0.1) is 22.5 Å². The maximum absolute atomic E-state index is 12.5.